The fourth-order valence-electron chi connectivity index (χ4n) is 3.98. The summed E-state index contributed by atoms with van der Waals surface area (Å²) in [5.41, 5.74) is 0. The molecule has 0 aliphatic carbocycles. The van der Waals surface area contributed by atoms with Crippen molar-refractivity contribution in [1.82, 2.24) is 4.90 Å². The molecule has 39 heavy (non-hydrogen) atoms. The topological polar surface area (TPSA) is 106 Å². The summed E-state index contributed by atoms with van der Waals surface area (Å²) >= 11 is 0. The van der Waals surface area contributed by atoms with Gasteiger partial charge in [-0.3, -0.25) is 4.79 Å². The lowest BCUT2D eigenvalue weighted by atomic mass is 10.0. The lowest BCUT2D eigenvalue weighted by Crippen LogP contribution is -2.27. The van der Waals surface area contributed by atoms with Crippen LogP contribution in [0.5, 0.6) is 0 Å². The number of carbonyl (C=O) groups excluding carboxylic acids is 2. The van der Waals surface area contributed by atoms with Gasteiger partial charge >= 0.3 is 12.1 Å². The molecule has 8 nitrogen and oxygen atoms in total. The molecule has 2 N–H and O–H groups in total. The average Bonchev–Trinajstić information content (AvgIpc) is 2.92. The van der Waals surface area contributed by atoms with Gasteiger partial charge in [0.05, 0.1) is 19.8 Å². The van der Waals surface area contributed by atoms with Crippen molar-refractivity contribution in [3.63, 3.8) is 0 Å². The Labute approximate surface area is 237 Å². The third kappa shape index (κ3) is 26.1. The molecule has 0 aliphatic rings. The van der Waals surface area contributed by atoms with Crippen LogP contribution < -0.4 is 0 Å². The van der Waals surface area contributed by atoms with E-state index in [1.165, 1.54) is 44.9 Å². The smallest absolute Gasteiger partial charge is 0.457 e. The van der Waals surface area contributed by atoms with Crippen LogP contribution in [0.2, 0.25) is 0 Å². The van der Waals surface area contributed by atoms with Crippen molar-refractivity contribution in [1.29, 1.82) is 0 Å². The van der Waals surface area contributed by atoms with Gasteiger partial charge in [0.15, 0.2) is 0 Å². The number of rotatable bonds is 26. The van der Waals surface area contributed by atoms with Gasteiger partial charge in [-0.05, 0) is 71.9 Å². The molecule has 0 aromatic carbocycles. The van der Waals surface area contributed by atoms with Gasteiger partial charge in [0.2, 0.25) is 0 Å². The normalized spacial score (nSPS) is 12.6. The van der Waals surface area contributed by atoms with Crippen molar-refractivity contribution < 1.29 is 34.0 Å². The predicted molar refractivity (Wildman–Crippen MR) is 157 cm³/mol. The Morgan fingerprint density at radius 3 is 1.97 bits per heavy atom. The number of unbranched alkanes of at least 4 members (excludes halogenated alkanes) is 9. The number of carbonyl (C=O) groups is 2. The highest BCUT2D eigenvalue weighted by Crippen LogP contribution is 2.16. The zero-order valence-corrected chi connectivity index (χ0v) is 25.0. The monoisotopic (exact) mass is 555 g/mol. The Hall–Kier alpha value is -1.90. The Morgan fingerprint density at radius 2 is 1.36 bits per heavy atom. The molecule has 0 rings (SSSR count). The summed E-state index contributed by atoms with van der Waals surface area (Å²) in [6.45, 7) is 2.45. The summed E-state index contributed by atoms with van der Waals surface area (Å²) < 4.78 is 15.7. The molecule has 0 aromatic heterocycles. The number of hydrogen-bond donors (Lipinski definition) is 2. The molecule has 0 saturated carbocycles. The van der Waals surface area contributed by atoms with Gasteiger partial charge in [-0.2, -0.15) is 0 Å². The number of hydrogen-bond acceptors (Lipinski definition) is 8. The number of nitrogens with zero attached hydrogens (tertiary/aromatic N) is 1. The van der Waals surface area contributed by atoms with Crippen LogP contribution in [0.3, 0.4) is 0 Å². The maximum absolute atomic E-state index is 12.1. The Morgan fingerprint density at radius 1 is 0.744 bits per heavy atom. The highest BCUT2D eigenvalue weighted by molar-refractivity contribution is 5.69. The maximum atomic E-state index is 12.1. The molecule has 0 amide bonds. The molecule has 0 spiro atoms. The van der Waals surface area contributed by atoms with Gasteiger partial charge in [-0.15, -0.1) is 0 Å². The van der Waals surface area contributed by atoms with E-state index in [1.54, 1.807) is 0 Å². The highest BCUT2D eigenvalue weighted by Gasteiger charge is 2.19. The first-order chi connectivity index (χ1) is 18.9. The van der Waals surface area contributed by atoms with E-state index in [4.69, 9.17) is 24.4 Å². The van der Waals surface area contributed by atoms with E-state index in [1.807, 2.05) is 19.0 Å². The molecule has 0 saturated heterocycles. The van der Waals surface area contributed by atoms with Gasteiger partial charge in [-0.25, -0.2) is 4.79 Å². The van der Waals surface area contributed by atoms with Gasteiger partial charge < -0.3 is 29.3 Å². The van der Waals surface area contributed by atoms with Crippen LogP contribution in [-0.4, -0.2) is 79.9 Å². The van der Waals surface area contributed by atoms with E-state index >= 15 is 0 Å². The van der Waals surface area contributed by atoms with E-state index in [9.17, 15) is 9.59 Å². The van der Waals surface area contributed by atoms with Crippen molar-refractivity contribution in [2.24, 2.45) is 0 Å². The maximum Gasteiger partial charge on any atom is 0.508 e. The van der Waals surface area contributed by atoms with Crippen LogP contribution in [0.15, 0.2) is 24.3 Å². The van der Waals surface area contributed by atoms with Crippen molar-refractivity contribution in [2.75, 3.05) is 40.5 Å². The van der Waals surface area contributed by atoms with Gasteiger partial charge in [0.1, 0.15) is 12.2 Å². The van der Waals surface area contributed by atoms with Crippen LogP contribution in [0.1, 0.15) is 110 Å². The first-order valence-corrected chi connectivity index (χ1v) is 15.1. The molecular weight excluding hydrogens is 498 g/mol. The van der Waals surface area contributed by atoms with Crippen LogP contribution in [0.4, 0.5) is 4.79 Å². The molecule has 0 heterocycles. The Kier molecular flexibility index (Phi) is 26.3. The largest absolute Gasteiger partial charge is 0.508 e. The minimum absolute atomic E-state index is 0.0389. The molecular formula is C31H57NO7. The molecule has 1 unspecified atom stereocenters. The van der Waals surface area contributed by atoms with Gasteiger partial charge in [0.25, 0.3) is 0 Å². The second-order valence-corrected chi connectivity index (χ2v) is 10.4. The second-order valence-electron chi connectivity index (χ2n) is 10.4. The fraction of sp³-hybridized carbons (Fsp3) is 0.806. The van der Waals surface area contributed by atoms with Crippen molar-refractivity contribution in [3.8, 4) is 0 Å². The van der Waals surface area contributed by atoms with E-state index in [2.05, 4.69) is 31.2 Å². The fourth-order valence-corrected chi connectivity index (χ4v) is 3.98. The first-order valence-electron chi connectivity index (χ1n) is 15.1. The number of allylic oxidation sites excluding steroid dienone is 4. The van der Waals surface area contributed by atoms with Crippen molar-refractivity contribution in [3.05, 3.63) is 24.3 Å². The minimum atomic E-state index is -0.925. The van der Waals surface area contributed by atoms with Crippen LogP contribution >= 0.6 is 0 Å². The average molecular weight is 556 g/mol. The Bertz CT molecular complexity index is 632. The molecule has 0 radical (unpaired) electrons. The van der Waals surface area contributed by atoms with Crippen molar-refractivity contribution >= 4 is 12.1 Å². The molecule has 0 fully saturated rings. The number of aliphatic hydroxyl groups is 2. The quantitative estimate of drug-likeness (QED) is 0.0724. The summed E-state index contributed by atoms with van der Waals surface area (Å²) in [6, 6.07) is 0. The molecule has 8 heteroatoms. The number of esters is 1. The lowest BCUT2D eigenvalue weighted by molar-refractivity contribution is -0.154. The minimum Gasteiger partial charge on any atom is -0.457 e. The van der Waals surface area contributed by atoms with Crippen LogP contribution in [0, 0.1) is 0 Å². The number of ether oxygens (including phenoxy) is 3. The molecule has 0 bridgehead atoms. The van der Waals surface area contributed by atoms with E-state index in [0.717, 1.165) is 45.1 Å². The standard InChI is InChI=1S/C31H57NO7/c1-4-5-6-7-8-9-10-11-12-13-14-15-16-17-18-19-21-28(22-23-30(35)38-29(26-33)27-34)39-31(36)37-25-20-24-32(2)3/h8-9,11-12,28-29,33-34H,4-7,10,13-27H2,1-3H3/b9-8-,12-11-. The van der Waals surface area contributed by atoms with E-state index < -0.39 is 37.5 Å². The van der Waals surface area contributed by atoms with Crippen molar-refractivity contribution in [2.45, 2.75) is 122 Å². The first kappa shape index (κ1) is 37.1. The van der Waals surface area contributed by atoms with E-state index in [-0.39, 0.29) is 13.0 Å². The summed E-state index contributed by atoms with van der Waals surface area (Å²) in [6.07, 6.45) is 22.6. The van der Waals surface area contributed by atoms with Gasteiger partial charge in [-0.1, -0.05) is 69.8 Å². The molecule has 0 aromatic rings. The zero-order chi connectivity index (χ0) is 29.0. The van der Waals surface area contributed by atoms with Crippen LogP contribution in [0.25, 0.3) is 0 Å². The summed E-state index contributed by atoms with van der Waals surface area (Å²) in [5, 5.41) is 18.2. The SMILES string of the molecule is CCCCC/C=C\C/C=C\CCCCCCCCC(CCC(=O)OC(CO)CO)OC(=O)OCCCN(C)C. The van der Waals surface area contributed by atoms with Gasteiger partial charge in [0, 0.05) is 13.0 Å². The zero-order valence-electron chi connectivity index (χ0n) is 25.0. The second kappa shape index (κ2) is 27.7. The Balaban J connectivity index is 4.17. The third-order valence-electron chi connectivity index (χ3n) is 6.34. The summed E-state index contributed by atoms with van der Waals surface area (Å²) in [7, 11) is 3.91. The molecule has 1 atom stereocenters. The third-order valence-corrected chi connectivity index (χ3v) is 6.34. The number of aliphatic hydroxyl groups excluding tert-OH is 2. The lowest BCUT2D eigenvalue weighted by Gasteiger charge is -2.18. The summed E-state index contributed by atoms with van der Waals surface area (Å²) in [5.74, 6) is -0.534. The van der Waals surface area contributed by atoms with Crippen LogP contribution in [-0.2, 0) is 19.0 Å². The van der Waals surface area contributed by atoms with E-state index in [0.29, 0.717) is 12.8 Å². The molecule has 0 aliphatic heterocycles. The summed E-state index contributed by atoms with van der Waals surface area (Å²) in [4.78, 5) is 26.2. The highest BCUT2D eigenvalue weighted by atomic mass is 16.7. The predicted octanol–water partition coefficient (Wildman–Crippen LogP) is 6.34. The molecule has 228 valence electrons.